The zero-order valence-corrected chi connectivity index (χ0v) is 12.6. The van der Waals surface area contributed by atoms with Crippen molar-refractivity contribution in [1.29, 1.82) is 0 Å². The fraction of sp³-hybridized carbons (Fsp3) is 0.867. The fourth-order valence-electron chi connectivity index (χ4n) is 3.54. The largest absolute Gasteiger partial charge is 0.378 e. The van der Waals surface area contributed by atoms with Gasteiger partial charge in [0.1, 0.15) is 6.04 Å². The van der Waals surface area contributed by atoms with Crippen molar-refractivity contribution in [1.82, 2.24) is 15.1 Å². The molecule has 0 aromatic carbocycles. The van der Waals surface area contributed by atoms with Gasteiger partial charge >= 0.3 is 0 Å². The van der Waals surface area contributed by atoms with E-state index < -0.39 is 0 Å². The molecule has 0 aromatic heterocycles. The van der Waals surface area contributed by atoms with Gasteiger partial charge in [-0.3, -0.25) is 9.59 Å². The van der Waals surface area contributed by atoms with E-state index >= 15 is 0 Å². The molecule has 118 valence electrons. The van der Waals surface area contributed by atoms with Crippen LogP contribution in [0.5, 0.6) is 0 Å². The number of ether oxygens (including phenoxy) is 1. The number of hydrogen-bond donors (Lipinski definition) is 1. The zero-order chi connectivity index (χ0) is 14.7. The molecule has 2 atom stereocenters. The molecule has 2 amide bonds. The molecule has 6 heteroatoms. The average Bonchev–Trinajstić information content (AvgIpc) is 3.04. The summed E-state index contributed by atoms with van der Waals surface area (Å²) in [5.41, 5.74) is 0. The van der Waals surface area contributed by atoms with Gasteiger partial charge in [-0.25, -0.2) is 0 Å². The summed E-state index contributed by atoms with van der Waals surface area (Å²) >= 11 is 0. The van der Waals surface area contributed by atoms with Crippen LogP contribution in [0.4, 0.5) is 0 Å². The van der Waals surface area contributed by atoms with Gasteiger partial charge in [-0.05, 0) is 32.2 Å². The van der Waals surface area contributed by atoms with Crippen LogP contribution in [0.1, 0.15) is 32.1 Å². The summed E-state index contributed by atoms with van der Waals surface area (Å²) in [6.45, 7) is 4.15. The third-order valence-electron chi connectivity index (χ3n) is 4.75. The molecule has 6 nitrogen and oxygen atoms in total. The Morgan fingerprint density at radius 3 is 2.48 bits per heavy atom. The number of nitrogens with zero attached hydrogens (tertiary/aromatic N) is 2. The van der Waals surface area contributed by atoms with E-state index in [0.29, 0.717) is 26.3 Å². The molecule has 0 saturated carbocycles. The van der Waals surface area contributed by atoms with Crippen LogP contribution in [0.2, 0.25) is 0 Å². The van der Waals surface area contributed by atoms with Gasteiger partial charge in [-0.15, -0.1) is 0 Å². The quantitative estimate of drug-likeness (QED) is 0.778. The minimum absolute atomic E-state index is 0.0863. The molecule has 21 heavy (non-hydrogen) atoms. The first-order chi connectivity index (χ1) is 10.3. The third kappa shape index (κ3) is 3.21. The van der Waals surface area contributed by atoms with Crippen LogP contribution in [0.15, 0.2) is 0 Å². The maximum absolute atomic E-state index is 12.7. The Morgan fingerprint density at radius 2 is 1.76 bits per heavy atom. The van der Waals surface area contributed by atoms with Crippen LogP contribution < -0.4 is 5.32 Å². The molecule has 3 fully saturated rings. The first-order valence-corrected chi connectivity index (χ1v) is 8.18. The van der Waals surface area contributed by atoms with Crippen molar-refractivity contribution in [2.75, 3.05) is 39.4 Å². The fourth-order valence-corrected chi connectivity index (χ4v) is 3.54. The van der Waals surface area contributed by atoms with Gasteiger partial charge in [0.2, 0.25) is 11.8 Å². The molecular weight excluding hydrogens is 270 g/mol. The van der Waals surface area contributed by atoms with Crippen LogP contribution >= 0.6 is 0 Å². The molecule has 3 aliphatic heterocycles. The lowest BCUT2D eigenvalue weighted by molar-refractivity contribution is -0.147. The standard InChI is InChI=1S/C15H25N3O3/c19-14(12-4-1-2-6-16-12)18-7-3-5-13(18)15(20)17-8-10-21-11-9-17/h12-13,16H,1-11H2/t12-,13?/m0/s1. The molecule has 3 aliphatic rings. The molecule has 0 aliphatic carbocycles. The van der Waals surface area contributed by atoms with Crippen LogP contribution in [-0.4, -0.2) is 73.1 Å². The second kappa shape index (κ2) is 6.75. The highest BCUT2D eigenvalue weighted by molar-refractivity contribution is 5.90. The zero-order valence-electron chi connectivity index (χ0n) is 12.6. The lowest BCUT2D eigenvalue weighted by Gasteiger charge is -2.34. The van der Waals surface area contributed by atoms with Crippen LogP contribution in [0.25, 0.3) is 0 Å². The maximum atomic E-state index is 12.7. The van der Waals surface area contributed by atoms with E-state index in [1.807, 2.05) is 9.80 Å². The van der Waals surface area contributed by atoms with E-state index in [1.54, 1.807) is 0 Å². The number of amides is 2. The second-order valence-corrected chi connectivity index (χ2v) is 6.13. The Balaban J connectivity index is 1.63. The molecule has 3 saturated heterocycles. The Kier molecular flexibility index (Phi) is 4.75. The van der Waals surface area contributed by atoms with E-state index in [-0.39, 0.29) is 23.9 Å². The summed E-state index contributed by atoms with van der Waals surface area (Å²) < 4.78 is 5.30. The molecule has 0 radical (unpaired) electrons. The van der Waals surface area contributed by atoms with Gasteiger partial charge < -0.3 is 19.9 Å². The van der Waals surface area contributed by atoms with Crippen molar-refractivity contribution in [2.24, 2.45) is 0 Å². The van der Waals surface area contributed by atoms with E-state index in [4.69, 9.17) is 4.74 Å². The van der Waals surface area contributed by atoms with Gasteiger partial charge in [0.15, 0.2) is 0 Å². The number of carbonyl (C=O) groups excluding carboxylic acids is 2. The van der Waals surface area contributed by atoms with Crippen molar-refractivity contribution in [3.63, 3.8) is 0 Å². The van der Waals surface area contributed by atoms with Crippen molar-refractivity contribution in [3.8, 4) is 0 Å². The highest BCUT2D eigenvalue weighted by Gasteiger charge is 2.39. The summed E-state index contributed by atoms with van der Waals surface area (Å²) in [5, 5.41) is 3.30. The number of rotatable bonds is 2. The summed E-state index contributed by atoms with van der Waals surface area (Å²) in [4.78, 5) is 29.0. The van der Waals surface area contributed by atoms with Gasteiger partial charge in [0.25, 0.3) is 0 Å². The molecule has 0 bridgehead atoms. The van der Waals surface area contributed by atoms with Gasteiger partial charge in [-0.1, -0.05) is 6.42 Å². The molecule has 3 rings (SSSR count). The van der Waals surface area contributed by atoms with Crippen molar-refractivity contribution in [2.45, 2.75) is 44.2 Å². The number of likely N-dealkylation sites (tertiary alicyclic amines) is 1. The van der Waals surface area contributed by atoms with Gasteiger partial charge in [0.05, 0.1) is 19.3 Å². The first kappa shape index (κ1) is 14.8. The lowest BCUT2D eigenvalue weighted by Crippen LogP contribution is -2.55. The minimum atomic E-state index is -0.251. The number of nitrogens with one attached hydrogen (secondary N) is 1. The average molecular weight is 295 g/mol. The predicted molar refractivity (Wildman–Crippen MR) is 77.8 cm³/mol. The molecule has 0 aromatic rings. The van der Waals surface area contributed by atoms with Crippen molar-refractivity contribution >= 4 is 11.8 Å². The predicted octanol–water partition coefficient (Wildman–Crippen LogP) is -0.0217. The SMILES string of the molecule is O=C(C1CCCN1C(=O)[C@@H]1CCCCN1)N1CCOCC1. The molecule has 0 spiro atoms. The summed E-state index contributed by atoms with van der Waals surface area (Å²) in [6, 6.07) is -0.337. The topological polar surface area (TPSA) is 61.9 Å². The minimum Gasteiger partial charge on any atom is -0.378 e. The Bertz CT molecular complexity index is 354. The highest BCUT2D eigenvalue weighted by atomic mass is 16.5. The van der Waals surface area contributed by atoms with Gasteiger partial charge in [0, 0.05) is 19.6 Å². The second-order valence-electron chi connectivity index (χ2n) is 6.13. The summed E-state index contributed by atoms with van der Waals surface area (Å²) in [6.07, 6.45) is 4.86. The maximum Gasteiger partial charge on any atom is 0.245 e. The Morgan fingerprint density at radius 1 is 0.952 bits per heavy atom. The number of piperidine rings is 1. The lowest BCUT2D eigenvalue weighted by atomic mass is 10.0. The number of carbonyl (C=O) groups is 2. The van der Waals surface area contributed by atoms with Crippen molar-refractivity contribution < 1.29 is 14.3 Å². The highest BCUT2D eigenvalue weighted by Crippen LogP contribution is 2.22. The summed E-state index contributed by atoms with van der Waals surface area (Å²) in [7, 11) is 0. The monoisotopic (exact) mass is 295 g/mol. The summed E-state index contributed by atoms with van der Waals surface area (Å²) in [5.74, 6) is 0.235. The van der Waals surface area contributed by atoms with Gasteiger partial charge in [-0.2, -0.15) is 0 Å². The Labute approximate surface area is 125 Å². The normalized spacial score (nSPS) is 30.5. The van der Waals surface area contributed by atoms with E-state index in [2.05, 4.69) is 5.32 Å². The number of morpholine rings is 1. The van der Waals surface area contributed by atoms with Crippen LogP contribution in [0.3, 0.4) is 0 Å². The Hall–Kier alpha value is -1.14. The van der Waals surface area contributed by atoms with Crippen LogP contribution in [-0.2, 0) is 14.3 Å². The molecule has 1 N–H and O–H groups in total. The van der Waals surface area contributed by atoms with Crippen LogP contribution in [0, 0.1) is 0 Å². The molecule has 1 unspecified atom stereocenters. The van der Waals surface area contributed by atoms with Crippen molar-refractivity contribution in [3.05, 3.63) is 0 Å². The van der Waals surface area contributed by atoms with E-state index in [1.165, 1.54) is 0 Å². The number of hydrogen-bond acceptors (Lipinski definition) is 4. The first-order valence-electron chi connectivity index (χ1n) is 8.18. The molecular formula is C15H25N3O3. The van der Waals surface area contributed by atoms with E-state index in [0.717, 1.165) is 45.2 Å². The molecule has 3 heterocycles. The smallest absolute Gasteiger partial charge is 0.245 e. The van der Waals surface area contributed by atoms with E-state index in [9.17, 15) is 9.59 Å². The third-order valence-corrected chi connectivity index (χ3v) is 4.75.